The van der Waals surface area contributed by atoms with Gasteiger partial charge in [0, 0.05) is 14.9 Å². The van der Waals surface area contributed by atoms with Crippen LogP contribution in [0, 0.1) is 5.92 Å². The van der Waals surface area contributed by atoms with Crippen molar-refractivity contribution in [2.75, 3.05) is 18.8 Å². The fourth-order valence-corrected chi connectivity index (χ4v) is 3.89. The third kappa shape index (κ3) is 4.70. The van der Waals surface area contributed by atoms with Gasteiger partial charge in [-0.05, 0) is 62.2 Å². The second kappa shape index (κ2) is 6.89. The fraction of sp³-hybridized carbons (Fsp3) is 0.538. The van der Waals surface area contributed by atoms with Gasteiger partial charge in [-0.2, -0.15) is 0 Å². The van der Waals surface area contributed by atoms with Crippen molar-refractivity contribution in [3.05, 3.63) is 28.2 Å². The Labute approximate surface area is 117 Å². The van der Waals surface area contributed by atoms with Crippen molar-refractivity contribution in [3.8, 4) is 0 Å². The number of benzene rings is 1. The van der Waals surface area contributed by atoms with Gasteiger partial charge in [-0.15, -0.1) is 11.8 Å². The van der Waals surface area contributed by atoms with Crippen LogP contribution in [0.4, 0.5) is 0 Å². The molecule has 1 unspecified atom stereocenters. The third-order valence-electron chi connectivity index (χ3n) is 3.03. The van der Waals surface area contributed by atoms with Crippen molar-refractivity contribution < 1.29 is 0 Å². The largest absolute Gasteiger partial charge is 0.316 e. The molecule has 1 saturated heterocycles. The van der Waals surface area contributed by atoms with E-state index in [9.17, 15) is 0 Å². The van der Waals surface area contributed by atoms with Crippen LogP contribution in [0.2, 0.25) is 10.0 Å². The second-order valence-corrected chi connectivity index (χ2v) is 6.50. The standard InChI is InChI=1S/C13H17Cl2NS/c14-11-6-12(15)8-13(7-11)17-5-3-10-2-1-4-16-9-10/h6-8,10,16H,1-5,9H2. The Hall–Kier alpha value is 0.110. The molecule has 0 spiro atoms. The van der Waals surface area contributed by atoms with Crippen molar-refractivity contribution in [2.45, 2.75) is 24.2 Å². The Balaban J connectivity index is 1.77. The average molecular weight is 290 g/mol. The first-order valence-electron chi connectivity index (χ1n) is 6.03. The molecule has 0 bridgehead atoms. The first-order valence-corrected chi connectivity index (χ1v) is 7.78. The molecular weight excluding hydrogens is 273 g/mol. The van der Waals surface area contributed by atoms with E-state index in [1.807, 2.05) is 23.9 Å². The maximum absolute atomic E-state index is 5.97. The highest BCUT2D eigenvalue weighted by molar-refractivity contribution is 7.99. The zero-order chi connectivity index (χ0) is 12.1. The molecule has 17 heavy (non-hydrogen) atoms. The van der Waals surface area contributed by atoms with Crippen LogP contribution >= 0.6 is 35.0 Å². The molecule has 1 aromatic rings. The summed E-state index contributed by atoms with van der Waals surface area (Å²) < 4.78 is 0. The second-order valence-electron chi connectivity index (χ2n) is 4.45. The normalized spacial score (nSPS) is 20.5. The van der Waals surface area contributed by atoms with Gasteiger partial charge in [0.2, 0.25) is 0 Å². The molecule has 1 nitrogen and oxygen atoms in total. The van der Waals surface area contributed by atoms with Gasteiger partial charge in [-0.25, -0.2) is 0 Å². The lowest BCUT2D eigenvalue weighted by Crippen LogP contribution is -2.29. The van der Waals surface area contributed by atoms with Crippen molar-refractivity contribution in [1.82, 2.24) is 5.32 Å². The van der Waals surface area contributed by atoms with Crippen LogP contribution in [-0.2, 0) is 0 Å². The highest BCUT2D eigenvalue weighted by atomic mass is 35.5. The van der Waals surface area contributed by atoms with Gasteiger partial charge >= 0.3 is 0 Å². The van der Waals surface area contributed by atoms with E-state index in [0.29, 0.717) is 0 Å². The molecule has 0 aromatic heterocycles. The Morgan fingerprint density at radius 3 is 2.65 bits per heavy atom. The number of hydrogen-bond acceptors (Lipinski definition) is 2. The van der Waals surface area contributed by atoms with Crippen LogP contribution in [0.3, 0.4) is 0 Å². The summed E-state index contributed by atoms with van der Waals surface area (Å²) in [7, 11) is 0. The van der Waals surface area contributed by atoms with Crippen molar-refractivity contribution in [3.63, 3.8) is 0 Å². The summed E-state index contributed by atoms with van der Waals surface area (Å²) in [5.74, 6) is 1.98. The molecule has 1 heterocycles. The highest BCUT2D eigenvalue weighted by Gasteiger charge is 2.12. The molecule has 0 saturated carbocycles. The molecule has 1 N–H and O–H groups in total. The van der Waals surface area contributed by atoms with Crippen LogP contribution in [0.25, 0.3) is 0 Å². The summed E-state index contributed by atoms with van der Waals surface area (Å²) in [6, 6.07) is 5.74. The lowest BCUT2D eigenvalue weighted by atomic mass is 9.97. The molecule has 1 aliphatic rings. The number of nitrogens with one attached hydrogen (secondary N) is 1. The maximum Gasteiger partial charge on any atom is 0.0431 e. The van der Waals surface area contributed by atoms with E-state index in [1.54, 1.807) is 6.07 Å². The summed E-state index contributed by atoms with van der Waals surface area (Å²) in [5, 5.41) is 4.89. The van der Waals surface area contributed by atoms with Crippen molar-refractivity contribution in [1.29, 1.82) is 0 Å². The topological polar surface area (TPSA) is 12.0 Å². The molecule has 0 radical (unpaired) electrons. The van der Waals surface area contributed by atoms with E-state index in [4.69, 9.17) is 23.2 Å². The molecule has 2 rings (SSSR count). The minimum absolute atomic E-state index is 0.722. The van der Waals surface area contributed by atoms with Gasteiger partial charge in [-0.1, -0.05) is 23.2 Å². The van der Waals surface area contributed by atoms with E-state index in [2.05, 4.69) is 5.32 Å². The number of hydrogen-bond donors (Lipinski definition) is 1. The summed E-state index contributed by atoms with van der Waals surface area (Å²) >= 11 is 13.8. The minimum atomic E-state index is 0.722. The minimum Gasteiger partial charge on any atom is -0.316 e. The smallest absolute Gasteiger partial charge is 0.0431 e. The van der Waals surface area contributed by atoms with Crippen LogP contribution in [0.15, 0.2) is 23.1 Å². The number of rotatable bonds is 4. The predicted octanol–water partition coefficient (Wildman–Crippen LogP) is 4.48. The van der Waals surface area contributed by atoms with Crippen molar-refractivity contribution in [2.24, 2.45) is 5.92 Å². The number of halogens is 2. The van der Waals surface area contributed by atoms with Crippen LogP contribution in [-0.4, -0.2) is 18.8 Å². The third-order valence-corrected chi connectivity index (χ3v) is 4.48. The van der Waals surface area contributed by atoms with E-state index < -0.39 is 0 Å². The van der Waals surface area contributed by atoms with Gasteiger partial charge < -0.3 is 5.32 Å². The zero-order valence-corrected chi connectivity index (χ0v) is 12.0. The first kappa shape index (κ1) is 13.5. The van der Waals surface area contributed by atoms with Crippen LogP contribution < -0.4 is 5.32 Å². The molecule has 0 amide bonds. The molecule has 1 atom stereocenters. The highest BCUT2D eigenvalue weighted by Crippen LogP contribution is 2.28. The molecule has 1 aliphatic heterocycles. The van der Waals surface area contributed by atoms with E-state index in [-0.39, 0.29) is 0 Å². The van der Waals surface area contributed by atoms with Gasteiger partial charge in [0.25, 0.3) is 0 Å². The molecule has 0 aliphatic carbocycles. The van der Waals surface area contributed by atoms with Gasteiger partial charge in [-0.3, -0.25) is 0 Å². The Morgan fingerprint density at radius 1 is 1.24 bits per heavy atom. The lowest BCUT2D eigenvalue weighted by Gasteiger charge is -2.22. The average Bonchev–Trinajstić information content (AvgIpc) is 2.29. The van der Waals surface area contributed by atoms with E-state index >= 15 is 0 Å². The SMILES string of the molecule is Clc1cc(Cl)cc(SCCC2CCCNC2)c1. The molecule has 1 aromatic carbocycles. The molecule has 94 valence electrons. The van der Waals surface area contributed by atoms with E-state index in [1.165, 1.54) is 37.2 Å². The van der Waals surface area contributed by atoms with Gasteiger partial charge in [0.1, 0.15) is 0 Å². The quantitative estimate of drug-likeness (QED) is 0.821. The molecular formula is C13H17Cl2NS. The Kier molecular flexibility index (Phi) is 5.49. The summed E-state index contributed by atoms with van der Waals surface area (Å²) in [4.78, 5) is 1.17. The summed E-state index contributed by atoms with van der Waals surface area (Å²) in [6.07, 6.45) is 3.95. The zero-order valence-electron chi connectivity index (χ0n) is 9.72. The van der Waals surface area contributed by atoms with E-state index in [0.717, 1.165) is 21.7 Å². The van der Waals surface area contributed by atoms with Gasteiger partial charge in [0.15, 0.2) is 0 Å². The summed E-state index contributed by atoms with van der Waals surface area (Å²) in [5.41, 5.74) is 0. The molecule has 4 heteroatoms. The summed E-state index contributed by atoms with van der Waals surface area (Å²) in [6.45, 7) is 2.37. The Morgan fingerprint density at radius 2 is 2.00 bits per heavy atom. The predicted molar refractivity (Wildman–Crippen MR) is 77.4 cm³/mol. The van der Waals surface area contributed by atoms with Crippen LogP contribution in [0.1, 0.15) is 19.3 Å². The number of thioether (sulfide) groups is 1. The van der Waals surface area contributed by atoms with Gasteiger partial charge in [0.05, 0.1) is 0 Å². The van der Waals surface area contributed by atoms with Crippen molar-refractivity contribution >= 4 is 35.0 Å². The monoisotopic (exact) mass is 289 g/mol. The Bertz CT molecular complexity index is 344. The van der Waals surface area contributed by atoms with Crippen LogP contribution in [0.5, 0.6) is 0 Å². The molecule has 1 fully saturated rings. The number of piperidine rings is 1. The fourth-order valence-electron chi connectivity index (χ4n) is 2.13. The first-order chi connectivity index (χ1) is 8.24. The maximum atomic E-state index is 5.97. The lowest BCUT2D eigenvalue weighted by molar-refractivity contribution is 0.371.